The number of ether oxygens (including phenoxy) is 1. The molecule has 2 aliphatic heterocycles. The molecule has 0 aliphatic carbocycles. The van der Waals surface area contributed by atoms with Crippen LogP contribution in [0.2, 0.25) is 0 Å². The number of hydrogen-bond donors (Lipinski definition) is 0. The Balaban J connectivity index is 1.50. The van der Waals surface area contributed by atoms with Crippen molar-refractivity contribution < 1.29 is 9.53 Å². The molecule has 1 saturated heterocycles. The number of hydrogen-bond acceptors (Lipinski definition) is 4. The van der Waals surface area contributed by atoms with Crippen LogP contribution in [0, 0.1) is 0 Å². The van der Waals surface area contributed by atoms with E-state index in [0.29, 0.717) is 24.3 Å². The molecule has 0 amide bonds. The number of nitrogens with zero attached hydrogens (tertiary/aromatic N) is 2. The Morgan fingerprint density at radius 2 is 1.92 bits per heavy atom. The van der Waals surface area contributed by atoms with Crippen LogP contribution in [0.4, 0.5) is 0 Å². The molecule has 1 aromatic heterocycles. The Labute approximate surface area is 153 Å². The molecule has 3 heterocycles. The standard InChI is InChI=1S/C21H24N2O3/c1-22-11-4-6-16(20(22)25)15-23-12-5-9-21(10-13-23)14-18(24)17-7-2-3-8-19(17)26-21/h2-4,6-8,11H,5,9-10,12-15H2,1H3. The second kappa shape index (κ2) is 6.72. The van der Waals surface area contributed by atoms with Crippen LogP contribution in [0.3, 0.4) is 0 Å². The average molecular weight is 352 g/mol. The third-order valence-corrected chi connectivity index (χ3v) is 5.58. The van der Waals surface area contributed by atoms with Crippen LogP contribution in [0.1, 0.15) is 41.6 Å². The zero-order valence-electron chi connectivity index (χ0n) is 15.1. The molecule has 2 aliphatic rings. The molecule has 1 fully saturated rings. The first-order valence-corrected chi connectivity index (χ1v) is 9.24. The van der Waals surface area contributed by atoms with Gasteiger partial charge < -0.3 is 9.30 Å². The predicted octanol–water partition coefficient (Wildman–Crippen LogP) is 2.78. The number of ketones is 1. The van der Waals surface area contributed by atoms with Crippen LogP contribution in [0.15, 0.2) is 47.4 Å². The van der Waals surface area contributed by atoms with Crippen molar-refractivity contribution in [2.75, 3.05) is 13.1 Å². The van der Waals surface area contributed by atoms with Gasteiger partial charge in [0.25, 0.3) is 5.56 Å². The van der Waals surface area contributed by atoms with E-state index in [4.69, 9.17) is 4.74 Å². The van der Waals surface area contributed by atoms with E-state index < -0.39 is 5.60 Å². The van der Waals surface area contributed by atoms with Gasteiger partial charge in [0.15, 0.2) is 5.78 Å². The van der Waals surface area contributed by atoms with Gasteiger partial charge in [-0.2, -0.15) is 0 Å². The molecule has 1 atom stereocenters. The summed E-state index contributed by atoms with van der Waals surface area (Å²) in [6.07, 6.45) is 4.87. The summed E-state index contributed by atoms with van der Waals surface area (Å²) in [4.78, 5) is 27.2. The van der Waals surface area contributed by atoms with Crippen LogP contribution in [-0.4, -0.2) is 33.9 Å². The normalized spacial score (nSPS) is 23.3. The molecule has 26 heavy (non-hydrogen) atoms. The van der Waals surface area contributed by atoms with E-state index in [1.165, 1.54) is 0 Å². The minimum atomic E-state index is -0.401. The van der Waals surface area contributed by atoms with Gasteiger partial charge in [0, 0.05) is 38.3 Å². The maximum atomic E-state index is 12.6. The summed E-state index contributed by atoms with van der Waals surface area (Å²) in [5.41, 5.74) is 1.18. The molecule has 5 nitrogen and oxygen atoms in total. The van der Waals surface area contributed by atoms with Crippen LogP contribution in [0.25, 0.3) is 0 Å². The van der Waals surface area contributed by atoms with E-state index in [-0.39, 0.29) is 11.3 Å². The molecule has 1 spiro atoms. The lowest BCUT2D eigenvalue weighted by atomic mass is 9.84. The van der Waals surface area contributed by atoms with E-state index >= 15 is 0 Å². The number of carbonyl (C=O) groups is 1. The van der Waals surface area contributed by atoms with Crippen molar-refractivity contribution in [2.45, 2.75) is 37.8 Å². The Bertz CT molecular complexity index is 889. The highest BCUT2D eigenvalue weighted by molar-refractivity contribution is 6.00. The second-order valence-electron chi connectivity index (χ2n) is 7.46. The maximum absolute atomic E-state index is 12.6. The van der Waals surface area contributed by atoms with Crippen molar-refractivity contribution in [3.05, 3.63) is 64.1 Å². The summed E-state index contributed by atoms with van der Waals surface area (Å²) >= 11 is 0. The molecule has 0 bridgehead atoms. The molecule has 1 aromatic carbocycles. The van der Waals surface area contributed by atoms with Gasteiger partial charge in [0.2, 0.25) is 0 Å². The highest BCUT2D eigenvalue weighted by atomic mass is 16.5. The van der Waals surface area contributed by atoms with Crippen molar-refractivity contribution in [1.82, 2.24) is 9.47 Å². The zero-order chi connectivity index (χ0) is 18.1. The van der Waals surface area contributed by atoms with Crippen LogP contribution >= 0.6 is 0 Å². The van der Waals surface area contributed by atoms with Gasteiger partial charge in [-0.25, -0.2) is 0 Å². The van der Waals surface area contributed by atoms with Gasteiger partial charge in [0.1, 0.15) is 11.4 Å². The number of aromatic nitrogens is 1. The lowest BCUT2D eigenvalue weighted by Gasteiger charge is -2.37. The largest absolute Gasteiger partial charge is 0.486 e. The van der Waals surface area contributed by atoms with Crippen molar-refractivity contribution >= 4 is 5.78 Å². The molecular formula is C21H24N2O3. The van der Waals surface area contributed by atoms with Crippen LogP contribution in [0.5, 0.6) is 5.75 Å². The van der Waals surface area contributed by atoms with Crippen molar-refractivity contribution in [1.29, 1.82) is 0 Å². The molecule has 1 unspecified atom stereocenters. The third kappa shape index (κ3) is 3.19. The van der Waals surface area contributed by atoms with Gasteiger partial charge in [0.05, 0.1) is 12.0 Å². The SMILES string of the molecule is Cn1cccc(CN2CCCC3(CC2)CC(=O)c2ccccc2O3)c1=O. The fourth-order valence-corrected chi connectivity index (χ4v) is 4.12. The first-order chi connectivity index (χ1) is 12.6. The van der Waals surface area contributed by atoms with Gasteiger partial charge in [-0.3, -0.25) is 14.5 Å². The minimum Gasteiger partial charge on any atom is -0.486 e. The smallest absolute Gasteiger partial charge is 0.254 e. The first-order valence-electron chi connectivity index (χ1n) is 9.24. The molecular weight excluding hydrogens is 328 g/mol. The zero-order valence-corrected chi connectivity index (χ0v) is 15.1. The number of benzene rings is 1. The summed E-state index contributed by atoms with van der Waals surface area (Å²) in [5.74, 6) is 0.895. The summed E-state index contributed by atoms with van der Waals surface area (Å²) in [6.45, 7) is 2.39. The lowest BCUT2D eigenvalue weighted by Crippen LogP contribution is -2.43. The Hall–Kier alpha value is -2.40. The molecule has 4 rings (SSSR count). The maximum Gasteiger partial charge on any atom is 0.254 e. The monoisotopic (exact) mass is 352 g/mol. The van der Waals surface area contributed by atoms with Crippen molar-refractivity contribution in [3.8, 4) is 5.75 Å². The molecule has 0 N–H and O–H groups in total. The number of rotatable bonds is 2. The molecule has 0 radical (unpaired) electrons. The highest BCUT2D eigenvalue weighted by Gasteiger charge is 2.41. The number of Topliss-reactive ketones (excluding diaryl/α,β-unsaturated/α-hetero) is 1. The van der Waals surface area contributed by atoms with Crippen molar-refractivity contribution in [2.24, 2.45) is 7.05 Å². The van der Waals surface area contributed by atoms with Crippen LogP contribution < -0.4 is 10.3 Å². The second-order valence-corrected chi connectivity index (χ2v) is 7.46. The summed E-state index contributed by atoms with van der Waals surface area (Å²) < 4.78 is 7.96. The predicted molar refractivity (Wildman–Crippen MR) is 99.6 cm³/mol. The number of fused-ring (bicyclic) bond motifs is 1. The Morgan fingerprint density at radius 1 is 1.08 bits per heavy atom. The topological polar surface area (TPSA) is 51.5 Å². The van der Waals surface area contributed by atoms with E-state index in [1.807, 2.05) is 36.4 Å². The van der Waals surface area contributed by atoms with E-state index in [2.05, 4.69) is 4.90 Å². The number of pyridine rings is 1. The fraction of sp³-hybridized carbons (Fsp3) is 0.429. The molecule has 2 aromatic rings. The Kier molecular flexibility index (Phi) is 4.41. The molecule has 5 heteroatoms. The van der Waals surface area contributed by atoms with Gasteiger partial charge in [-0.15, -0.1) is 0 Å². The number of para-hydroxylation sites is 1. The summed E-state index contributed by atoms with van der Waals surface area (Å²) in [5, 5.41) is 0. The summed E-state index contributed by atoms with van der Waals surface area (Å²) in [7, 11) is 1.78. The summed E-state index contributed by atoms with van der Waals surface area (Å²) in [6, 6.07) is 11.4. The lowest BCUT2D eigenvalue weighted by molar-refractivity contribution is 0.0299. The number of carbonyl (C=O) groups excluding carboxylic acids is 1. The first kappa shape index (κ1) is 17.0. The van der Waals surface area contributed by atoms with E-state index in [0.717, 1.165) is 37.9 Å². The minimum absolute atomic E-state index is 0.0597. The fourth-order valence-electron chi connectivity index (χ4n) is 4.12. The number of aryl methyl sites for hydroxylation is 1. The quantitative estimate of drug-likeness (QED) is 0.834. The van der Waals surface area contributed by atoms with Gasteiger partial charge in [-0.1, -0.05) is 18.2 Å². The van der Waals surface area contributed by atoms with Crippen molar-refractivity contribution in [3.63, 3.8) is 0 Å². The molecule has 136 valence electrons. The average Bonchev–Trinajstić information content (AvgIpc) is 2.81. The van der Waals surface area contributed by atoms with Crippen LogP contribution in [-0.2, 0) is 13.6 Å². The van der Waals surface area contributed by atoms with Gasteiger partial charge >= 0.3 is 0 Å². The third-order valence-electron chi connectivity index (χ3n) is 5.58. The van der Waals surface area contributed by atoms with E-state index in [1.54, 1.807) is 17.8 Å². The Morgan fingerprint density at radius 3 is 2.81 bits per heavy atom. The van der Waals surface area contributed by atoms with Gasteiger partial charge in [-0.05, 0) is 37.6 Å². The number of likely N-dealkylation sites (tertiary alicyclic amines) is 1. The molecule has 0 saturated carbocycles. The van der Waals surface area contributed by atoms with E-state index in [9.17, 15) is 9.59 Å². The highest BCUT2D eigenvalue weighted by Crippen LogP contribution is 2.39.